The van der Waals surface area contributed by atoms with Crippen molar-refractivity contribution >= 4 is 29.5 Å². The lowest BCUT2D eigenvalue weighted by atomic mass is 10.1. The summed E-state index contributed by atoms with van der Waals surface area (Å²) in [6, 6.07) is 18.1. The maximum atomic E-state index is 12.0. The molecule has 0 fully saturated rings. The van der Waals surface area contributed by atoms with Crippen molar-refractivity contribution in [3.63, 3.8) is 0 Å². The lowest BCUT2D eigenvalue weighted by Crippen LogP contribution is -2.06. The maximum absolute atomic E-state index is 12.0. The number of rotatable bonds is 5. The van der Waals surface area contributed by atoms with Crippen molar-refractivity contribution in [2.45, 2.75) is 0 Å². The first-order valence-electron chi connectivity index (χ1n) is 7.77. The van der Waals surface area contributed by atoms with E-state index in [2.05, 4.69) is 10.9 Å². The fraction of sp³-hybridized carbons (Fsp3) is 0.0476. The highest BCUT2D eigenvalue weighted by Crippen LogP contribution is 2.27. The van der Waals surface area contributed by atoms with Gasteiger partial charge in [0, 0.05) is 5.56 Å². The Bertz CT molecular complexity index is 984. The molecule has 1 aromatic heterocycles. The largest absolute Gasteiger partial charge is 0.455 e. The number of ether oxygens (including phenoxy) is 1. The molecule has 0 spiro atoms. The summed E-state index contributed by atoms with van der Waals surface area (Å²) in [7, 11) is 0. The van der Waals surface area contributed by atoms with E-state index >= 15 is 0 Å². The van der Waals surface area contributed by atoms with Gasteiger partial charge >= 0.3 is 5.97 Å². The van der Waals surface area contributed by atoms with Crippen LogP contribution in [0.5, 0.6) is 0 Å². The Morgan fingerprint density at radius 2 is 2.00 bits per heavy atom. The van der Waals surface area contributed by atoms with Crippen LogP contribution >= 0.6 is 11.6 Å². The highest BCUT2D eigenvalue weighted by molar-refractivity contribution is 6.33. The molecule has 0 aliphatic carbocycles. The normalized spacial score (nSPS) is 10.6. The van der Waals surface area contributed by atoms with E-state index in [1.165, 1.54) is 0 Å². The summed E-state index contributed by atoms with van der Waals surface area (Å²) in [5.74, 6) is 2.85. The van der Waals surface area contributed by atoms with Crippen LogP contribution in [-0.4, -0.2) is 18.8 Å². The van der Waals surface area contributed by atoms with Gasteiger partial charge in [0.1, 0.15) is 11.5 Å². The van der Waals surface area contributed by atoms with Crippen molar-refractivity contribution in [3.8, 4) is 23.7 Å². The Balaban J connectivity index is 1.82. The van der Waals surface area contributed by atoms with E-state index in [1.54, 1.807) is 36.5 Å². The number of carbonyl (C=O) groups is 1. The molecule has 0 radical (unpaired) electrons. The van der Waals surface area contributed by atoms with E-state index in [-0.39, 0.29) is 17.2 Å². The molecule has 0 saturated heterocycles. The van der Waals surface area contributed by atoms with Crippen LogP contribution in [-0.2, 0) is 4.74 Å². The monoisotopic (exact) mass is 363 g/mol. The first kappa shape index (κ1) is 17.5. The predicted octanol–water partition coefficient (Wildman–Crippen LogP) is 5.14. The van der Waals surface area contributed by atoms with Crippen molar-refractivity contribution in [1.29, 1.82) is 0 Å². The van der Waals surface area contributed by atoms with E-state index in [0.29, 0.717) is 17.1 Å². The van der Waals surface area contributed by atoms with Gasteiger partial charge in [-0.3, -0.25) is 4.99 Å². The summed E-state index contributed by atoms with van der Waals surface area (Å²) >= 11 is 6.08. The molecule has 0 unspecified atom stereocenters. The number of hydrogen-bond acceptors (Lipinski definition) is 4. The minimum absolute atomic E-state index is 0.111. The molecule has 3 rings (SSSR count). The molecule has 5 heteroatoms. The summed E-state index contributed by atoms with van der Waals surface area (Å²) < 4.78 is 10.7. The molecule has 0 bridgehead atoms. The lowest BCUT2D eigenvalue weighted by molar-refractivity contribution is 0.0557. The fourth-order valence-electron chi connectivity index (χ4n) is 2.25. The summed E-state index contributed by atoms with van der Waals surface area (Å²) in [6.45, 7) is -0.111. The molecule has 26 heavy (non-hydrogen) atoms. The van der Waals surface area contributed by atoms with Crippen molar-refractivity contribution in [1.82, 2.24) is 0 Å². The second-order valence-corrected chi connectivity index (χ2v) is 5.68. The lowest BCUT2D eigenvalue weighted by Gasteiger charge is -2.05. The third kappa shape index (κ3) is 4.21. The van der Waals surface area contributed by atoms with Gasteiger partial charge in [0.05, 0.1) is 22.5 Å². The number of para-hydroxylation sites is 1. The zero-order valence-corrected chi connectivity index (χ0v) is 14.4. The Morgan fingerprint density at radius 1 is 1.19 bits per heavy atom. The molecule has 0 N–H and O–H groups in total. The number of terminal acetylenes is 1. The maximum Gasteiger partial charge on any atom is 0.340 e. The third-order valence-electron chi connectivity index (χ3n) is 3.48. The number of carbonyl (C=O) groups excluding carboxylic acids is 1. The number of hydrogen-bond donors (Lipinski definition) is 0. The molecule has 3 aromatic rings. The fourth-order valence-corrected chi connectivity index (χ4v) is 2.44. The Kier molecular flexibility index (Phi) is 5.52. The van der Waals surface area contributed by atoms with Crippen LogP contribution in [0.3, 0.4) is 0 Å². The number of nitrogens with zero attached hydrogens (tertiary/aromatic N) is 1. The first-order chi connectivity index (χ1) is 12.7. The smallest absolute Gasteiger partial charge is 0.340 e. The van der Waals surface area contributed by atoms with Gasteiger partial charge in [0.2, 0.25) is 0 Å². The first-order valence-corrected chi connectivity index (χ1v) is 8.14. The van der Waals surface area contributed by atoms with Crippen LogP contribution in [0.2, 0.25) is 5.02 Å². The van der Waals surface area contributed by atoms with E-state index in [1.807, 2.05) is 30.3 Å². The molecule has 0 aliphatic heterocycles. The Morgan fingerprint density at radius 3 is 2.77 bits per heavy atom. The van der Waals surface area contributed by atoms with Crippen LogP contribution in [0.15, 0.2) is 70.1 Å². The van der Waals surface area contributed by atoms with Crippen molar-refractivity contribution in [3.05, 3.63) is 77.0 Å². The summed E-state index contributed by atoms with van der Waals surface area (Å²) in [5.41, 5.74) is 1.76. The average Bonchev–Trinajstić information content (AvgIpc) is 3.14. The van der Waals surface area contributed by atoms with Gasteiger partial charge in [-0.2, -0.15) is 0 Å². The Hall–Kier alpha value is -3.29. The van der Waals surface area contributed by atoms with Crippen LogP contribution in [0.4, 0.5) is 5.69 Å². The SMILES string of the molecule is C#CCOC(=O)c1cc(-c2ccc(C=Nc3ccccc3)o2)ccc1Cl. The summed E-state index contributed by atoms with van der Waals surface area (Å²) in [6.07, 6.45) is 6.74. The van der Waals surface area contributed by atoms with Gasteiger partial charge in [0.25, 0.3) is 0 Å². The topological polar surface area (TPSA) is 51.8 Å². The van der Waals surface area contributed by atoms with Gasteiger partial charge in [-0.15, -0.1) is 6.42 Å². The van der Waals surface area contributed by atoms with E-state index in [0.717, 1.165) is 5.69 Å². The average molecular weight is 364 g/mol. The summed E-state index contributed by atoms with van der Waals surface area (Å²) in [4.78, 5) is 16.4. The third-order valence-corrected chi connectivity index (χ3v) is 3.81. The van der Waals surface area contributed by atoms with E-state index in [9.17, 15) is 4.79 Å². The number of furan rings is 1. The molecular formula is C21H14ClNO3. The van der Waals surface area contributed by atoms with Crippen LogP contribution in [0.25, 0.3) is 11.3 Å². The summed E-state index contributed by atoms with van der Waals surface area (Å²) in [5, 5.41) is 0.285. The predicted molar refractivity (Wildman–Crippen MR) is 102 cm³/mol. The zero-order chi connectivity index (χ0) is 18.4. The van der Waals surface area contributed by atoms with Crippen LogP contribution in [0.1, 0.15) is 16.1 Å². The highest BCUT2D eigenvalue weighted by atomic mass is 35.5. The van der Waals surface area contributed by atoms with Gasteiger partial charge in [-0.25, -0.2) is 4.79 Å². The molecule has 1 heterocycles. The van der Waals surface area contributed by atoms with Crippen LogP contribution in [0, 0.1) is 12.3 Å². The number of halogens is 1. The molecule has 0 aliphatic rings. The van der Waals surface area contributed by atoms with E-state index in [4.69, 9.17) is 27.2 Å². The van der Waals surface area contributed by atoms with Crippen molar-refractivity contribution in [2.24, 2.45) is 4.99 Å². The number of esters is 1. The zero-order valence-electron chi connectivity index (χ0n) is 13.7. The molecular weight excluding hydrogens is 350 g/mol. The van der Waals surface area contributed by atoms with Crippen molar-refractivity contribution < 1.29 is 13.9 Å². The van der Waals surface area contributed by atoms with Gasteiger partial charge in [0.15, 0.2) is 6.61 Å². The van der Waals surface area contributed by atoms with Gasteiger partial charge in [-0.05, 0) is 42.5 Å². The molecule has 128 valence electrons. The minimum atomic E-state index is -0.577. The second kappa shape index (κ2) is 8.19. The standard InChI is InChI=1S/C21H14ClNO3/c1-2-12-25-21(24)18-13-15(8-10-19(18)22)20-11-9-17(26-20)14-23-16-6-4-3-5-7-16/h1,3-11,13-14H,12H2. The van der Waals surface area contributed by atoms with Crippen molar-refractivity contribution in [2.75, 3.05) is 6.61 Å². The molecule has 0 atom stereocenters. The second-order valence-electron chi connectivity index (χ2n) is 5.27. The Labute approximate surface area is 156 Å². The molecule has 4 nitrogen and oxygen atoms in total. The van der Waals surface area contributed by atoms with E-state index < -0.39 is 5.97 Å². The van der Waals surface area contributed by atoms with Gasteiger partial charge in [-0.1, -0.05) is 35.7 Å². The quantitative estimate of drug-likeness (QED) is 0.358. The molecule has 2 aromatic carbocycles. The van der Waals surface area contributed by atoms with Gasteiger partial charge < -0.3 is 9.15 Å². The highest BCUT2D eigenvalue weighted by Gasteiger charge is 2.14. The molecule has 0 amide bonds. The van der Waals surface area contributed by atoms with Crippen LogP contribution < -0.4 is 0 Å². The molecule has 0 saturated carbocycles. The minimum Gasteiger partial charge on any atom is -0.455 e. The number of aliphatic imine (C=N–C) groups is 1. The number of benzene rings is 2.